The van der Waals surface area contributed by atoms with Gasteiger partial charge in [-0.1, -0.05) is 61.5 Å². The van der Waals surface area contributed by atoms with Gasteiger partial charge in [-0.15, -0.1) is 0 Å². The molecule has 0 aliphatic heterocycles. The molecule has 1 aromatic rings. The minimum absolute atomic E-state index is 0.0845. The molecule has 0 fully saturated rings. The third-order valence-electron chi connectivity index (χ3n) is 8.20. The minimum Gasteiger partial charge on any atom is -0.192 e. The largest absolute Gasteiger partial charge is 0.192 e. The first kappa shape index (κ1) is 19.5. The molecule has 1 heteroatoms. The predicted octanol–water partition coefficient (Wildman–Crippen LogP) is 7.04. The Bertz CT molecular complexity index is 708. The van der Waals surface area contributed by atoms with Crippen molar-refractivity contribution in [3.8, 4) is 6.07 Å². The number of benzene rings is 1. The summed E-state index contributed by atoms with van der Waals surface area (Å²) in [6.45, 7) is 18.8. The van der Waals surface area contributed by atoms with Crippen LogP contribution in [0.2, 0.25) is 0 Å². The summed E-state index contributed by atoms with van der Waals surface area (Å²) in [5.41, 5.74) is 7.43. The fourth-order valence-corrected chi connectivity index (χ4v) is 6.86. The molecule has 1 aromatic carbocycles. The van der Waals surface area contributed by atoms with Crippen LogP contribution >= 0.6 is 0 Å². The molecule has 0 amide bonds. The summed E-state index contributed by atoms with van der Waals surface area (Å²) in [5, 5.41) is 10.3. The molecule has 0 bridgehead atoms. The first-order valence-electron chi connectivity index (χ1n) is 10.7. The first-order valence-corrected chi connectivity index (χ1v) is 10.7. The Kier molecular flexibility index (Phi) is 4.38. The maximum absolute atomic E-state index is 10.3. The van der Waals surface area contributed by atoms with E-state index in [1.165, 1.54) is 35.1 Å². The number of hydrogen-bond acceptors (Lipinski definition) is 1. The van der Waals surface area contributed by atoms with Crippen LogP contribution < -0.4 is 0 Å². The lowest BCUT2D eigenvalue weighted by atomic mass is 9.72. The fraction of sp³-hybridized carbons (Fsp3) is 0.720. The van der Waals surface area contributed by atoms with E-state index in [0.29, 0.717) is 0 Å². The Balaban J connectivity index is 2.47. The van der Waals surface area contributed by atoms with E-state index in [1.54, 1.807) is 0 Å². The number of nitrogens with zero attached hydrogens (tertiary/aromatic N) is 1. The molecule has 0 saturated heterocycles. The van der Waals surface area contributed by atoms with Gasteiger partial charge in [0.2, 0.25) is 0 Å². The molecular weight excluding hydrogens is 314 g/mol. The van der Waals surface area contributed by atoms with Crippen molar-refractivity contribution >= 4 is 0 Å². The monoisotopic (exact) mass is 351 g/mol. The van der Waals surface area contributed by atoms with E-state index in [2.05, 4.69) is 67.5 Å². The van der Waals surface area contributed by atoms with Crippen LogP contribution in [0, 0.1) is 11.3 Å². The van der Waals surface area contributed by atoms with Crippen LogP contribution in [0.3, 0.4) is 0 Å². The van der Waals surface area contributed by atoms with E-state index in [0.717, 1.165) is 31.2 Å². The number of hydrogen-bond donors (Lipinski definition) is 0. The third kappa shape index (κ3) is 2.27. The zero-order valence-electron chi connectivity index (χ0n) is 18.3. The summed E-state index contributed by atoms with van der Waals surface area (Å²) in [5.74, 6) is 0. The summed E-state index contributed by atoms with van der Waals surface area (Å²) < 4.78 is 0. The standard InChI is InChI=1S/C25H37N/c1-9-24(10-2)15-22(5,6)20-17(14-26)21-19(13-18(20)24)25(11-3,12-4)16-23(21,7)8/h13H,9-12,15-16H2,1-8H3. The molecule has 3 rings (SSSR count). The van der Waals surface area contributed by atoms with Crippen molar-refractivity contribution < 1.29 is 0 Å². The molecule has 0 atom stereocenters. The minimum atomic E-state index is 0.0845. The van der Waals surface area contributed by atoms with Crippen molar-refractivity contribution in [1.29, 1.82) is 5.26 Å². The Morgan fingerprint density at radius 1 is 0.769 bits per heavy atom. The number of rotatable bonds is 4. The topological polar surface area (TPSA) is 23.8 Å². The van der Waals surface area contributed by atoms with E-state index in [1.807, 2.05) is 0 Å². The highest BCUT2D eigenvalue weighted by atomic mass is 14.6. The fourth-order valence-electron chi connectivity index (χ4n) is 6.86. The SMILES string of the molecule is CCC1(CC)CC(C)(C)c2c1cc1c(c2C#N)C(C)(C)CC1(CC)CC. The number of fused-ring (bicyclic) bond motifs is 2. The lowest BCUT2D eigenvalue weighted by Crippen LogP contribution is -2.25. The Morgan fingerprint density at radius 3 is 1.38 bits per heavy atom. The predicted molar refractivity (Wildman–Crippen MR) is 111 cm³/mol. The van der Waals surface area contributed by atoms with Crippen LogP contribution in [0.15, 0.2) is 6.07 Å². The highest BCUT2D eigenvalue weighted by Crippen LogP contribution is 2.61. The zero-order valence-corrected chi connectivity index (χ0v) is 18.3. The van der Waals surface area contributed by atoms with Crippen LogP contribution in [0.5, 0.6) is 0 Å². The first-order chi connectivity index (χ1) is 12.1. The molecule has 142 valence electrons. The molecular formula is C25H37N. The van der Waals surface area contributed by atoms with Gasteiger partial charge in [-0.2, -0.15) is 5.26 Å². The molecule has 1 nitrogen and oxygen atoms in total. The van der Waals surface area contributed by atoms with Gasteiger partial charge in [-0.05, 0) is 82.4 Å². The lowest BCUT2D eigenvalue weighted by molar-refractivity contribution is 0.322. The van der Waals surface area contributed by atoms with E-state index in [4.69, 9.17) is 0 Å². The van der Waals surface area contributed by atoms with Crippen LogP contribution in [0.4, 0.5) is 0 Å². The third-order valence-corrected chi connectivity index (χ3v) is 8.20. The second-order valence-electron chi connectivity index (χ2n) is 10.3. The molecule has 0 unspecified atom stereocenters. The van der Waals surface area contributed by atoms with Gasteiger partial charge in [0.25, 0.3) is 0 Å². The average Bonchev–Trinajstić information content (AvgIpc) is 2.99. The summed E-state index contributed by atoms with van der Waals surface area (Å²) in [6, 6.07) is 5.29. The maximum Gasteiger partial charge on any atom is 0.0998 e. The van der Waals surface area contributed by atoms with Gasteiger partial charge in [0.1, 0.15) is 0 Å². The van der Waals surface area contributed by atoms with Gasteiger partial charge < -0.3 is 0 Å². The summed E-state index contributed by atoms with van der Waals surface area (Å²) in [7, 11) is 0. The Morgan fingerprint density at radius 2 is 1.12 bits per heavy atom. The molecule has 0 aromatic heterocycles. The van der Waals surface area contributed by atoms with Crippen molar-refractivity contribution in [2.45, 2.75) is 116 Å². The smallest absolute Gasteiger partial charge is 0.0998 e. The highest BCUT2D eigenvalue weighted by Gasteiger charge is 2.53. The summed E-state index contributed by atoms with van der Waals surface area (Å²) in [6.07, 6.45) is 7.00. The van der Waals surface area contributed by atoms with Gasteiger partial charge in [-0.3, -0.25) is 0 Å². The molecule has 2 aliphatic carbocycles. The number of nitriles is 1. The van der Waals surface area contributed by atoms with Crippen LogP contribution in [0.25, 0.3) is 0 Å². The van der Waals surface area contributed by atoms with Crippen molar-refractivity contribution in [3.05, 3.63) is 33.9 Å². The highest BCUT2D eigenvalue weighted by molar-refractivity contribution is 5.65. The van der Waals surface area contributed by atoms with Crippen LogP contribution in [-0.2, 0) is 21.7 Å². The summed E-state index contributed by atoms with van der Waals surface area (Å²) >= 11 is 0. The van der Waals surface area contributed by atoms with Crippen LogP contribution in [0.1, 0.15) is 122 Å². The molecule has 0 spiro atoms. The maximum atomic E-state index is 10.3. The molecule has 0 heterocycles. The second kappa shape index (κ2) is 5.85. The van der Waals surface area contributed by atoms with E-state index >= 15 is 0 Å². The van der Waals surface area contributed by atoms with Gasteiger partial charge in [0, 0.05) is 0 Å². The zero-order chi connectivity index (χ0) is 19.5. The lowest BCUT2D eigenvalue weighted by Gasteiger charge is -2.32. The van der Waals surface area contributed by atoms with E-state index in [9.17, 15) is 5.26 Å². The van der Waals surface area contributed by atoms with Crippen molar-refractivity contribution in [2.75, 3.05) is 0 Å². The molecule has 0 N–H and O–H groups in total. The van der Waals surface area contributed by atoms with Crippen LogP contribution in [-0.4, -0.2) is 0 Å². The van der Waals surface area contributed by atoms with E-state index in [-0.39, 0.29) is 21.7 Å². The molecule has 26 heavy (non-hydrogen) atoms. The Hall–Kier alpha value is -1.29. The van der Waals surface area contributed by atoms with Crippen molar-refractivity contribution in [3.63, 3.8) is 0 Å². The average molecular weight is 352 g/mol. The Labute approximate surface area is 161 Å². The van der Waals surface area contributed by atoms with Gasteiger partial charge >= 0.3 is 0 Å². The van der Waals surface area contributed by atoms with Crippen molar-refractivity contribution in [2.24, 2.45) is 0 Å². The van der Waals surface area contributed by atoms with E-state index < -0.39 is 0 Å². The van der Waals surface area contributed by atoms with Gasteiger partial charge in [0.15, 0.2) is 0 Å². The van der Waals surface area contributed by atoms with Gasteiger partial charge in [0.05, 0.1) is 11.6 Å². The van der Waals surface area contributed by atoms with Gasteiger partial charge in [-0.25, -0.2) is 0 Å². The van der Waals surface area contributed by atoms with Crippen molar-refractivity contribution in [1.82, 2.24) is 0 Å². The quantitative estimate of drug-likeness (QED) is 0.571. The molecule has 0 saturated carbocycles. The second-order valence-corrected chi connectivity index (χ2v) is 10.3. The molecule has 2 aliphatic rings. The molecule has 0 radical (unpaired) electrons. The normalized spacial score (nSPS) is 23.3. The summed E-state index contributed by atoms with van der Waals surface area (Å²) in [4.78, 5) is 0.